The lowest BCUT2D eigenvalue weighted by molar-refractivity contribution is -0.126. The van der Waals surface area contributed by atoms with Crippen molar-refractivity contribution >= 4 is 11.6 Å². The maximum Gasteiger partial charge on any atom is 0.237 e. The lowest BCUT2D eigenvalue weighted by atomic mass is 10.1. The second-order valence-electron chi connectivity index (χ2n) is 6.82. The first-order chi connectivity index (χ1) is 12.5. The maximum absolute atomic E-state index is 13.0. The van der Waals surface area contributed by atoms with Gasteiger partial charge >= 0.3 is 0 Å². The highest BCUT2D eigenvalue weighted by molar-refractivity contribution is 5.81. The van der Waals surface area contributed by atoms with Gasteiger partial charge in [-0.05, 0) is 43.7 Å². The molecule has 0 radical (unpaired) electrons. The molecule has 26 heavy (non-hydrogen) atoms. The second kappa shape index (κ2) is 8.32. The third-order valence-electron chi connectivity index (χ3n) is 5.09. The number of nitrogens with one attached hydrogen (secondary N) is 1. The fourth-order valence-electron chi connectivity index (χ4n) is 3.34. The smallest absolute Gasteiger partial charge is 0.237 e. The Balaban J connectivity index is 1.52. The van der Waals surface area contributed by atoms with Gasteiger partial charge < -0.3 is 10.2 Å². The van der Waals surface area contributed by atoms with Crippen LogP contribution in [0, 0.1) is 5.82 Å². The molecule has 1 N–H and O–H groups in total. The van der Waals surface area contributed by atoms with E-state index in [2.05, 4.69) is 39.4 Å². The van der Waals surface area contributed by atoms with Gasteiger partial charge in [0.05, 0.1) is 12.1 Å². The zero-order valence-corrected chi connectivity index (χ0v) is 15.4. The minimum atomic E-state index is -0.267. The zero-order valence-electron chi connectivity index (χ0n) is 15.4. The van der Waals surface area contributed by atoms with Crippen LogP contribution in [0.5, 0.6) is 0 Å². The summed E-state index contributed by atoms with van der Waals surface area (Å²) in [4.78, 5) is 17.2. The number of amides is 1. The van der Waals surface area contributed by atoms with Crippen LogP contribution in [0.2, 0.25) is 0 Å². The van der Waals surface area contributed by atoms with Gasteiger partial charge in [-0.1, -0.05) is 30.3 Å². The Labute approximate surface area is 154 Å². The molecule has 0 bridgehead atoms. The van der Waals surface area contributed by atoms with Crippen LogP contribution in [0.3, 0.4) is 0 Å². The molecule has 0 aromatic heterocycles. The Kier molecular flexibility index (Phi) is 5.89. The Bertz CT molecular complexity index is 712. The first-order valence-corrected chi connectivity index (χ1v) is 9.14. The number of halogens is 1. The van der Waals surface area contributed by atoms with E-state index in [1.54, 1.807) is 12.1 Å². The van der Waals surface area contributed by atoms with E-state index in [9.17, 15) is 9.18 Å². The van der Waals surface area contributed by atoms with Gasteiger partial charge in [0.25, 0.3) is 0 Å². The Morgan fingerprint density at radius 2 is 1.58 bits per heavy atom. The van der Waals surface area contributed by atoms with Crippen molar-refractivity contribution in [1.82, 2.24) is 10.2 Å². The molecule has 1 heterocycles. The Morgan fingerprint density at radius 3 is 2.19 bits per heavy atom. The summed E-state index contributed by atoms with van der Waals surface area (Å²) in [6.45, 7) is 7.41. The highest BCUT2D eigenvalue weighted by atomic mass is 19.1. The highest BCUT2D eigenvalue weighted by Gasteiger charge is 2.26. The van der Waals surface area contributed by atoms with Crippen LogP contribution in [-0.2, 0) is 4.79 Å². The van der Waals surface area contributed by atoms with E-state index >= 15 is 0 Å². The monoisotopic (exact) mass is 355 g/mol. The van der Waals surface area contributed by atoms with Gasteiger partial charge in [-0.3, -0.25) is 9.69 Å². The van der Waals surface area contributed by atoms with E-state index in [4.69, 9.17) is 0 Å². The minimum absolute atomic E-state index is 0.00925. The highest BCUT2D eigenvalue weighted by Crippen LogP contribution is 2.17. The number of hydrogen-bond donors (Lipinski definition) is 1. The van der Waals surface area contributed by atoms with Crippen LogP contribution < -0.4 is 10.2 Å². The molecular formula is C21H26FN3O. The molecule has 0 saturated carbocycles. The maximum atomic E-state index is 13.0. The molecule has 138 valence electrons. The molecule has 1 saturated heterocycles. The van der Waals surface area contributed by atoms with Gasteiger partial charge in [-0.25, -0.2) is 4.39 Å². The molecule has 1 fully saturated rings. The van der Waals surface area contributed by atoms with E-state index in [0.29, 0.717) is 0 Å². The van der Waals surface area contributed by atoms with E-state index < -0.39 is 0 Å². The van der Waals surface area contributed by atoms with E-state index in [1.165, 1.54) is 17.8 Å². The molecular weight excluding hydrogens is 329 g/mol. The molecule has 1 aliphatic rings. The van der Waals surface area contributed by atoms with Crippen molar-refractivity contribution in [3.05, 3.63) is 66.0 Å². The van der Waals surface area contributed by atoms with Crippen molar-refractivity contribution in [2.75, 3.05) is 31.1 Å². The summed E-state index contributed by atoms with van der Waals surface area (Å²) >= 11 is 0. The van der Waals surface area contributed by atoms with Gasteiger partial charge in [-0.15, -0.1) is 0 Å². The Hall–Kier alpha value is -2.40. The SMILES string of the molecule is C[C@H](NC(=O)[C@@H](C)N1CCN(c2ccccc2)CC1)c1ccc(F)cc1. The predicted octanol–water partition coefficient (Wildman–Crippen LogP) is 3.21. The van der Waals surface area contributed by atoms with Gasteiger partial charge in [-0.2, -0.15) is 0 Å². The number of hydrogen-bond acceptors (Lipinski definition) is 3. The molecule has 2 aromatic carbocycles. The number of para-hydroxylation sites is 1. The van der Waals surface area contributed by atoms with Crippen molar-refractivity contribution in [1.29, 1.82) is 0 Å². The average molecular weight is 355 g/mol. The van der Waals surface area contributed by atoms with Crippen molar-refractivity contribution < 1.29 is 9.18 Å². The lowest BCUT2D eigenvalue weighted by Gasteiger charge is -2.38. The summed E-state index contributed by atoms with van der Waals surface area (Å²) < 4.78 is 13.0. The van der Waals surface area contributed by atoms with Crippen molar-refractivity contribution in [2.24, 2.45) is 0 Å². The van der Waals surface area contributed by atoms with Gasteiger partial charge in [0, 0.05) is 31.9 Å². The fourth-order valence-corrected chi connectivity index (χ4v) is 3.34. The van der Waals surface area contributed by atoms with E-state index in [0.717, 1.165) is 31.7 Å². The standard InChI is InChI=1S/C21H26FN3O/c1-16(18-8-10-19(22)11-9-18)23-21(26)17(2)24-12-14-25(15-13-24)20-6-4-3-5-7-20/h3-11,16-17H,12-15H2,1-2H3,(H,23,26)/t16-,17+/m0/s1. The molecule has 0 aliphatic carbocycles. The topological polar surface area (TPSA) is 35.6 Å². The number of piperazine rings is 1. The molecule has 2 aromatic rings. The zero-order chi connectivity index (χ0) is 18.5. The van der Waals surface area contributed by atoms with Crippen LogP contribution in [-0.4, -0.2) is 43.0 Å². The summed E-state index contributed by atoms with van der Waals surface area (Å²) in [5.74, 6) is -0.257. The number of carbonyl (C=O) groups excluding carboxylic acids is 1. The number of rotatable bonds is 5. The Morgan fingerprint density at radius 1 is 0.962 bits per heavy atom. The minimum Gasteiger partial charge on any atom is -0.369 e. The molecule has 1 amide bonds. The predicted molar refractivity (Wildman–Crippen MR) is 103 cm³/mol. The summed E-state index contributed by atoms with van der Waals surface area (Å²) in [5.41, 5.74) is 2.13. The molecule has 1 aliphatic heterocycles. The number of carbonyl (C=O) groups is 1. The average Bonchev–Trinajstić information content (AvgIpc) is 2.68. The lowest BCUT2D eigenvalue weighted by Crippen LogP contribution is -2.54. The van der Waals surface area contributed by atoms with E-state index in [-0.39, 0.29) is 23.8 Å². The molecule has 0 unspecified atom stereocenters. The molecule has 4 nitrogen and oxygen atoms in total. The van der Waals surface area contributed by atoms with Crippen LogP contribution in [0.15, 0.2) is 54.6 Å². The summed E-state index contributed by atoms with van der Waals surface area (Å²) in [6.07, 6.45) is 0. The fraction of sp³-hybridized carbons (Fsp3) is 0.381. The molecule has 2 atom stereocenters. The molecule has 0 spiro atoms. The first-order valence-electron chi connectivity index (χ1n) is 9.14. The number of anilines is 1. The van der Waals surface area contributed by atoms with Crippen molar-refractivity contribution in [2.45, 2.75) is 25.9 Å². The third-order valence-corrected chi connectivity index (χ3v) is 5.09. The number of benzene rings is 2. The van der Waals surface area contributed by atoms with Crippen molar-refractivity contribution in [3.63, 3.8) is 0 Å². The quantitative estimate of drug-likeness (QED) is 0.895. The molecule has 3 rings (SSSR count). The number of nitrogens with zero attached hydrogens (tertiary/aromatic N) is 2. The molecule has 5 heteroatoms. The third kappa shape index (κ3) is 4.41. The van der Waals surface area contributed by atoms with Crippen LogP contribution in [0.25, 0.3) is 0 Å². The summed E-state index contributed by atoms with van der Waals surface area (Å²) in [6, 6.07) is 16.3. The van der Waals surface area contributed by atoms with Crippen LogP contribution in [0.4, 0.5) is 10.1 Å². The van der Waals surface area contributed by atoms with Gasteiger partial charge in [0.2, 0.25) is 5.91 Å². The van der Waals surface area contributed by atoms with Crippen molar-refractivity contribution in [3.8, 4) is 0 Å². The largest absolute Gasteiger partial charge is 0.369 e. The van der Waals surface area contributed by atoms with Crippen LogP contribution in [0.1, 0.15) is 25.5 Å². The summed E-state index contributed by atoms with van der Waals surface area (Å²) in [7, 11) is 0. The van der Waals surface area contributed by atoms with Crippen LogP contribution >= 0.6 is 0 Å². The second-order valence-corrected chi connectivity index (χ2v) is 6.82. The first kappa shape index (κ1) is 18.4. The van der Waals surface area contributed by atoms with Gasteiger partial charge in [0.15, 0.2) is 0 Å². The normalized spacial score (nSPS) is 17.6. The van der Waals surface area contributed by atoms with E-state index in [1.807, 2.05) is 19.9 Å². The van der Waals surface area contributed by atoms with Gasteiger partial charge in [0.1, 0.15) is 5.82 Å². The summed E-state index contributed by atoms with van der Waals surface area (Å²) in [5, 5.41) is 3.04.